The molecule has 0 saturated heterocycles. The van der Waals surface area contributed by atoms with Gasteiger partial charge in [-0.1, -0.05) is 48.5 Å². The van der Waals surface area contributed by atoms with E-state index in [0.717, 1.165) is 22.3 Å². The molecule has 2 aromatic carbocycles. The summed E-state index contributed by atoms with van der Waals surface area (Å²) in [5, 5.41) is 22.3. The maximum atomic E-state index is 12.1. The quantitative estimate of drug-likeness (QED) is 0.665. The van der Waals surface area contributed by atoms with Crippen LogP contribution < -0.4 is 10.4 Å². The molecule has 6 nitrogen and oxygen atoms in total. The number of nitrogens with one attached hydrogen (secondary N) is 1. The van der Waals surface area contributed by atoms with E-state index < -0.39 is 18.1 Å². The molecule has 0 fully saturated rings. The summed E-state index contributed by atoms with van der Waals surface area (Å²) in [6.45, 7) is 0.0544. The van der Waals surface area contributed by atoms with Gasteiger partial charge in [0.25, 0.3) is 0 Å². The fourth-order valence-electron chi connectivity index (χ4n) is 3.22. The number of amides is 1. The number of thioether (sulfide) groups is 1. The van der Waals surface area contributed by atoms with E-state index in [1.807, 2.05) is 48.5 Å². The number of carboxylic acids is 1. The van der Waals surface area contributed by atoms with Crippen molar-refractivity contribution in [2.75, 3.05) is 24.7 Å². The fourth-order valence-corrected chi connectivity index (χ4v) is 3.97. The Balaban J connectivity index is 1.64. The van der Waals surface area contributed by atoms with Crippen molar-refractivity contribution < 1.29 is 24.5 Å². The number of fused-ring (bicyclic) bond motifs is 3. The molecule has 2 aromatic rings. The van der Waals surface area contributed by atoms with Crippen LogP contribution in [0.3, 0.4) is 0 Å². The summed E-state index contributed by atoms with van der Waals surface area (Å²) in [6, 6.07) is 14.8. The van der Waals surface area contributed by atoms with Crippen molar-refractivity contribution in [3.63, 3.8) is 0 Å². The lowest BCUT2D eigenvalue weighted by Gasteiger charge is -2.20. The van der Waals surface area contributed by atoms with Crippen LogP contribution >= 0.6 is 11.8 Å². The monoisotopic (exact) mass is 386 g/mol. The highest BCUT2D eigenvalue weighted by Crippen LogP contribution is 2.44. The second-order valence-electron chi connectivity index (χ2n) is 6.14. The number of carbonyl (C=O) groups excluding carboxylic acids is 2. The van der Waals surface area contributed by atoms with Crippen LogP contribution in [0.15, 0.2) is 48.5 Å². The Hall–Kier alpha value is -2.51. The number of rotatable bonds is 8. The van der Waals surface area contributed by atoms with Gasteiger partial charge < -0.3 is 25.1 Å². The van der Waals surface area contributed by atoms with Gasteiger partial charge in [-0.3, -0.25) is 0 Å². The van der Waals surface area contributed by atoms with Gasteiger partial charge in [-0.2, -0.15) is 11.8 Å². The van der Waals surface area contributed by atoms with Crippen LogP contribution in [0.25, 0.3) is 11.1 Å². The van der Waals surface area contributed by atoms with Crippen LogP contribution in [0, 0.1) is 0 Å². The molecule has 0 unspecified atom stereocenters. The second-order valence-corrected chi connectivity index (χ2v) is 7.29. The summed E-state index contributed by atoms with van der Waals surface area (Å²) in [7, 11) is 0. The predicted molar refractivity (Wildman–Crippen MR) is 101 cm³/mol. The van der Waals surface area contributed by atoms with Crippen molar-refractivity contribution in [3.05, 3.63) is 59.7 Å². The molecule has 1 aliphatic carbocycles. The first-order valence-corrected chi connectivity index (χ1v) is 9.78. The normalized spacial score (nSPS) is 13.5. The minimum absolute atomic E-state index is 0.0601. The lowest BCUT2D eigenvalue weighted by atomic mass is 9.98. The van der Waals surface area contributed by atoms with Crippen LogP contribution in [0.1, 0.15) is 17.0 Å². The van der Waals surface area contributed by atoms with E-state index in [9.17, 15) is 14.7 Å². The topological polar surface area (TPSA) is 98.7 Å². The number of aliphatic hydroxyl groups excluding tert-OH is 1. The summed E-state index contributed by atoms with van der Waals surface area (Å²) < 4.78 is 5.33. The molecule has 1 amide bonds. The lowest BCUT2D eigenvalue weighted by Crippen LogP contribution is -2.49. The highest BCUT2D eigenvalue weighted by molar-refractivity contribution is 7.99. The fraction of sp³-hybridized carbons (Fsp3) is 0.300. The van der Waals surface area contributed by atoms with Gasteiger partial charge in [0.2, 0.25) is 0 Å². The molecule has 1 atom stereocenters. The number of ether oxygens (including phenoxy) is 1. The molecule has 27 heavy (non-hydrogen) atoms. The van der Waals surface area contributed by atoms with Crippen LogP contribution in [-0.2, 0) is 9.53 Å². The van der Waals surface area contributed by atoms with Gasteiger partial charge in [0.15, 0.2) is 0 Å². The first-order valence-electron chi connectivity index (χ1n) is 8.62. The average Bonchev–Trinajstić information content (AvgIpc) is 2.99. The zero-order valence-corrected chi connectivity index (χ0v) is 15.4. The molecule has 0 spiro atoms. The van der Waals surface area contributed by atoms with Crippen molar-refractivity contribution in [1.82, 2.24) is 5.32 Å². The van der Waals surface area contributed by atoms with Gasteiger partial charge in [0.1, 0.15) is 6.61 Å². The number of benzene rings is 2. The van der Waals surface area contributed by atoms with E-state index in [1.165, 1.54) is 11.8 Å². The van der Waals surface area contributed by atoms with Crippen LogP contribution in [-0.4, -0.2) is 47.9 Å². The lowest BCUT2D eigenvalue weighted by molar-refractivity contribution is -0.307. The van der Waals surface area contributed by atoms with E-state index in [-0.39, 0.29) is 24.9 Å². The Morgan fingerprint density at radius 1 is 1.11 bits per heavy atom. The largest absolute Gasteiger partial charge is 0.548 e. The molecule has 0 aliphatic heterocycles. The average molecular weight is 386 g/mol. The first-order chi connectivity index (χ1) is 13.1. The minimum Gasteiger partial charge on any atom is -0.548 e. The van der Waals surface area contributed by atoms with Crippen LogP contribution in [0.2, 0.25) is 0 Å². The number of alkyl carbamates (subject to hydrolysis) is 1. The maximum absolute atomic E-state index is 12.1. The summed E-state index contributed by atoms with van der Waals surface area (Å²) in [5.41, 5.74) is 4.41. The molecular weight excluding hydrogens is 366 g/mol. The smallest absolute Gasteiger partial charge is 0.407 e. The summed E-state index contributed by atoms with van der Waals surface area (Å²) in [5.74, 6) is -0.981. The van der Waals surface area contributed by atoms with Crippen molar-refractivity contribution in [2.24, 2.45) is 0 Å². The van der Waals surface area contributed by atoms with E-state index in [4.69, 9.17) is 9.84 Å². The SMILES string of the molecule is O=C(N[C@@H](CSCCO)C(=O)[O-])OCC1c2ccccc2-c2ccccc21. The number of carboxylic acid groups (broad SMARTS) is 1. The molecule has 2 N–H and O–H groups in total. The number of carbonyl (C=O) groups is 2. The van der Waals surface area contributed by atoms with Gasteiger partial charge in [0, 0.05) is 17.4 Å². The Bertz CT molecular complexity index is 780. The molecule has 0 heterocycles. The third-order valence-electron chi connectivity index (χ3n) is 4.44. The van der Waals surface area contributed by atoms with Gasteiger partial charge in [-0.25, -0.2) is 4.79 Å². The Morgan fingerprint density at radius 3 is 2.26 bits per heavy atom. The minimum atomic E-state index is -1.38. The molecule has 0 saturated carbocycles. The van der Waals surface area contributed by atoms with E-state index in [1.54, 1.807) is 0 Å². The van der Waals surface area contributed by atoms with E-state index in [0.29, 0.717) is 5.75 Å². The summed E-state index contributed by atoms with van der Waals surface area (Å²) in [4.78, 5) is 23.2. The zero-order chi connectivity index (χ0) is 19.2. The Kier molecular flexibility index (Phi) is 6.36. The van der Waals surface area contributed by atoms with Crippen molar-refractivity contribution in [3.8, 4) is 11.1 Å². The van der Waals surface area contributed by atoms with Gasteiger partial charge >= 0.3 is 6.09 Å². The number of hydrogen-bond acceptors (Lipinski definition) is 6. The van der Waals surface area contributed by atoms with E-state index >= 15 is 0 Å². The molecule has 0 aromatic heterocycles. The molecule has 1 aliphatic rings. The molecule has 3 rings (SSSR count). The summed E-state index contributed by atoms with van der Waals surface area (Å²) >= 11 is 1.22. The number of hydrogen-bond donors (Lipinski definition) is 2. The highest BCUT2D eigenvalue weighted by atomic mass is 32.2. The molecule has 0 bridgehead atoms. The van der Waals surface area contributed by atoms with Crippen LogP contribution in [0.4, 0.5) is 4.79 Å². The third-order valence-corrected chi connectivity index (χ3v) is 5.48. The Labute approximate surface area is 161 Å². The van der Waals surface area contributed by atoms with Crippen molar-refractivity contribution in [2.45, 2.75) is 12.0 Å². The third kappa shape index (κ3) is 4.43. The van der Waals surface area contributed by atoms with Gasteiger partial charge in [-0.05, 0) is 22.3 Å². The van der Waals surface area contributed by atoms with Crippen molar-refractivity contribution >= 4 is 23.8 Å². The van der Waals surface area contributed by atoms with E-state index in [2.05, 4.69) is 5.32 Å². The standard InChI is InChI=1S/C20H21NO5S/c22-9-10-27-12-18(19(23)24)21-20(25)26-11-17-15-7-3-1-5-13(15)14-6-2-4-8-16(14)17/h1-8,17-18,22H,9-12H2,(H,21,25)(H,23,24)/p-1/t18-/m0/s1. The molecule has 0 radical (unpaired) electrons. The number of aliphatic hydroxyl groups is 1. The maximum Gasteiger partial charge on any atom is 0.407 e. The Morgan fingerprint density at radius 2 is 1.70 bits per heavy atom. The van der Waals surface area contributed by atoms with Crippen molar-refractivity contribution in [1.29, 1.82) is 0 Å². The van der Waals surface area contributed by atoms with Gasteiger partial charge in [0.05, 0.1) is 18.6 Å². The van der Waals surface area contributed by atoms with Gasteiger partial charge in [-0.15, -0.1) is 0 Å². The number of aliphatic carboxylic acids is 1. The summed E-state index contributed by atoms with van der Waals surface area (Å²) in [6.07, 6.45) is -0.796. The molecular formula is C20H20NO5S-. The van der Waals surface area contributed by atoms with Crippen LogP contribution in [0.5, 0.6) is 0 Å². The predicted octanol–water partition coefficient (Wildman–Crippen LogP) is 1.37. The molecule has 7 heteroatoms. The highest BCUT2D eigenvalue weighted by Gasteiger charge is 2.29. The zero-order valence-electron chi connectivity index (χ0n) is 14.6. The first kappa shape index (κ1) is 19.3. The second kappa shape index (κ2) is 8.92. The molecule has 142 valence electrons.